The zero-order valence-electron chi connectivity index (χ0n) is 17.3. The lowest BCUT2D eigenvalue weighted by Crippen LogP contribution is -2.56. The maximum atomic E-state index is 13.2. The van der Waals surface area contributed by atoms with Gasteiger partial charge in [0, 0.05) is 25.7 Å². The molecule has 0 aromatic carbocycles. The normalized spacial score (nSPS) is 19.3. The zero-order chi connectivity index (χ0) is 21.9. The van der Waals surface area contributed by atoms with Crippen LogP contribution in [0.5, 0.6) is 0 Å². The van der Waals surface area contributed by atoms with Gasteiger partial charge in [0.1, 0.15) is 4.21 Å². The summed E-state index contributed by atoms with van der Waals surface area (Å²) < 4.78 is 33.0. The lowest BCUT2D eigenvalue weighted by atomic mass is 10.0. The minimum atomic E-state index is -3.76. The molecule has 162 valence electrons. The number of allylic oxidation sites excluding steroid dienone is 1. The van der Waals surface area contributed by atoms with Crippen LogP contribution in [-0.4, -0.2) is 55.0 Å². The first-order valence-electron chi connectivity index (χ1n) is 9.91. The molecule has 9 heteroatoms. The number of nitrogens with zero attached hydrogens (tertiary/aromatic N) is 2. The van der Waals surface area contributed by atoms with Crippen LogP contribution >= 0.6 is 11.3 Å². The lowest BCUT2D eigenvalue weighted by Gasteiger charge is -2.39. The van der Waals surface area contributed by atoms with Crippen molar-refractivity contribution in [3.05, 3.63) is 53.3 Å². The summed E-state index contributed by atoms with van der Waals surface area (Å²) in [6.07, 6.45) is 5.87. The van der Waals surface area contributed by atoms with Crippen LogP contribution in [0.2, 0.25) is 0 Å². The Morgan fingerprint density at radius 1 is 1.30 bits per heavy atom. The van der Waals surface area contributed by atoms with E-state index in [0.29, 0.717) is 24.4 Å². The summed E-state index contributed by atoms with van der Waals surface area (Å²) in [4.78, 5) is 27.2. The molecule has 3 heterocycles. The highest BCUT2D eigenvalue weighted by Gasteiger charge is 2.37. The number of carbonyl (C=O) groups is 2. The van der Waals surface area contributed by atoms with E-state index in [4.69, 9.17) is 4.42 Å². The second-order valence-electron chi connectivity index (χ2n) is 7.21. The number of carbonyl (C=O) groups excluding carboxylic acids is 2. The van der Waals surface area contributed by atoms with E-state index in [-0.39, 0.29) is 40.2 Å². The molecule has 1 aliphatic heterocycles. The van der Waals surface area contributed by atoms with E-state index < -0.39 is 10.0 Å². The molecule has 0 spiro atoms. The van der Waals surface area contributed by atoms with Crippen LogP contribution < -0.4 is 0 Å². The van der Waals surface area contributed by atoms with Crippen LogP contribution in [0.1, 0.15) is 42.6 Å². The first-order valence-corrected chi connectivity index (χ1v) is 12.2. The van der Waals surface area contributed by atoms with Gasteiger partial charge in [0.05, 0.1) is 17.1 Å². The quantitative estimate of drug-likeness (QED) is 0.477. The molecule has 1 aliphatic rings. The molecule has 2 unspecified atom stereocenters. The van der Waals surface area contributed by atoms with Gasteiger partial charge in [0.2, 0.25) is 11.7 Å². The van der Waals surface area contributed by atoms with Gasteiger partial charge in [-0.3, -0.25) is 9.59 Å². The lowest BCUT2D eigenvalue weighted by molar-refractivity contribution is -0.136. The van der Waals surface area contributed by atoms with E-state index in [0.717, 1.165) is 11.3 Å². The summed E-state index contributed by atoms with van der Waals surface area (Å²) in [5.41, 5.74) is 0. The van der Waals surface area contributed by atoms with Gasteiger partial charge in [0.25, 0.3) is 10.0 Å². The predicted octanol–water partition coefficient (Wildman–Crippen LogP) is 3.40. The highest BCUT2D eigenvalue weighted by atomic mass is 32.2. The van der Waals surface area contributed by atoms with Gasteiger partial charge in [-0.2, -0.15) is 4.31 Å². The minimum Gasteiger partial charge on any atom is -0.461 e. The Bertz CT molecular complexity index is 1020. The second-order valence-corrected chi connectivity index (χ2v) is 10.4. The Morgan fingerprint density at radius 3 is 2.67 bits per heavy atom. The number of rotatable bonds is 7. The first kappa shape index (κ1) is 22.5. The monoisotopic (exact) mass is 450 g/mol. The average molecular weight is 451 g/mol. The average Bonchev–Trinajstić information content (AvgIpc) is 3.43. The molecule has 0 bridgehead atoms. The van der Waals surface area contributed by atoms with Gasteiger partial charge in [-0.15, -0.1) is 11.3 Å². The van der Waals surface area contributed by atoms with Crippen molar-refractivity contribution >= 4 is 33.1 Å². The fourth-order valence-electron chi connectivity index (χ4n) is 3.58. The van der Waals surface area contributed by atoms with Crippen molar-refractivity contribution in [3.8, 4) is 0 Å². The maximum absolute atomic E-state index is 13.2. The summed E-state index contributed by atoms with van der Waals surface area (Å²) in [6, 6.07) is 5.77. The highest BCUT2D eigenvalue weighted by Crippen LogP contribution is 2.29. The number of furan rings is 1. The van der Waals surface area contributed by atoms with Gasteiger partial charge < -0.3 is 9.32 Å². The molecular formula is C21H26N2O5S2. The van der Waals surface area contributed by atoms with Crippen LogP contribution in [0.25, 0.3) is 0 Å². The zero-order valence-corrected chi connectivity index (χ0v) is 18.9. The molecule has 2 aromatic heterocycles. The Morgan fingerprint density at radius 2 is 2.07 bits per heavy atom. The molecule has 0 radical (unpaired) electrons. The molecule has 1 fully saturated rings. The number of piperazine rings is 1. The van der Waals surface area contributed by atoms with E-state index in [1.165, 1.54) is 22.7 Å². The summed E-state index contributed by atoms with van der Waals surface area (Å²) in [5, 5.41) is 0. The smallest absolute Gasteiger partial charge is 0.252 e. The number of ketones is 1. The standard InChI is InChI=1S/C21H26N2O5S2/c1-4-7-16(5-2)21(25)22-11-12-23(15(3)14-22)30(26,27)19-10-9-18(29-19)20(24)17-8-6-13-28-17/h4,6-10,13,15-16H,5,11-12,14H2,1-3H3/b7-4-. The Labute approximate surface area is 181 Å². The Kier molecular flexibility index (Phi) is 6.95. The first-order chi connectivity index (χ1) is 14.3. The van der Waals surface area contributed by atoms with Gasteiger partial charge in [0.15, 0.2) is 5.76 Å². The van der Waals surface area contributed by atoms with E-state index >= 15 is 0 Å². The van der Waals surface area contributed by atoms with Gasteiger partial charge >= 0.3 is 0 Å². The molecule has 7 nitrogen and oxygen atoms in total. The van der Waals surface area contributed by atoms with Crippen LogP contribution in [0.4, 0.5) is 0 Å². The predicted molar refractivity (Wildman–Crippen MR) is 115 cm³/mol. The fraction of sp³-hybridized carbons (Fsp3) is 0.429. The topological polar surface area (TPSA) is 87.9 Å². The van der Waals surface area contributed by atoms with Crippen molar-refractivity contribution in [1.82, 2.24) is 9.21 Å². The highest BCUT2D eigenvalue weighted by molar-refractivity contribution is 7.91. The van der Waals surface area contributed by atoms with Crippen molar-refractivity contribution in [2.45, 2.75) is 37.4 Å². The number of hydrogen-bond acceptors (Lipinski definition) is 6. The molecule has 1 saturated heterocycles. The largest absolute Gasteiger partial charge is 0.461 e. The van der Waals surface area contributed by atoms with Gasteiger partial charge in [-0.1, -0.05) is 19.1 Å². The third-order valence-electron chi connectivity index (χ3n) is 5.17. The molecule has 0 saturated carbocycles. The number of thiophene rings is 1. The van der Waals surface area contributed by atoms with Crippen LogP contribution in [0.15, 0.2) is 51.3 Å². The van der Waals surface area contributed by atoms with E-state index in [1.54, 1.807) is 24.0 Å². The third-order valence-corrected chi connectivity index (χ3v) is 8.74. The third kappa shape index (κ3) is 4.43. The van der Waals surface area contributed by atoms with Crippen molar-refractivity contribution in [2.75, 3.05) is 19.6 Å². The Hall–Kier alpha value is -2.23. The number of sulfonamides is 1. The molecule has 0 N–H and O–H groups in total. The van der Waals surface area contributed by atoms with Gasteiger partial charge in [-0.25, -0.2) is 8.42 Å². The van der Waals surface area contributed by atoms with Crippen molar-refractivity contribution in [2.24, 2.45) is 5.92 Å². The van der Waals surface area contributed by atoms with E-state index in [9.17, 15) is 18.0 Å². The van der Waals surface area contributed by atoms with Crippen molar-refractivity contribution < 1.29 is 22.4 Å². The van der Waals surface area contributed by atoms with Crippen LogP contribution in [-0.2, 0) is 14.8 Å². The summed E-state index contributed by atoms with van der Waals surface area (Å²) in [7, 11) is -3.76. The molecule has 2 aromatic rings. The minimum absolute atomic E-state index is 0.0296. The number of amides is 1. The molecule has 1 amide bonds. The SMILES string of the molecule is C/C=C\C(CC)C(=O)N1CCN(S(=O)(=O)c2ccc(C(=O)c3ccco3)s2)C(C)C1. The number of hydrogen-bond donors (Lipinski definition) is 0. The second kappa shape index (κ2) is 9.28. The van der Waals surface area contributed by atoms with Crippen molar-refractivity contribution in [3.63, 3.8) is 0 Å². The molecule has 3 rings (SSSR count). The summed E-state index contributed by atoms with van der Waals surface area (Å²) in [6.45, 7) is 6.56. The van der Waals surface area contributed by atoms with Crippen molar-refractivity contribution in [1.29, 1.82) is 0 Å². The maximum Gasteiger partial charge on any atom is 0.252 e. The van der Waals surface area contributed by atoms with Crippen LogP contribution in [0, 0.1) is 5.92 Å². The fourth-order valence-corrected chi connectivity index (χ4v) is 6.58. The molecule has 0 aliphatic carbocycles. The van der Waals surface area contributed by atoms with Gasteiger partial charge in [-0.05, 0) is 44.5 Å². The summed E-state index contributed by atoms with van der Waals surface area (Å²) in [5.74, 6) is -0.322. The molecular weight excluding hydrogens is 424 g/mol. The van der Waals surface area contributed by atoms with E-state index in [1.807, 2.05) is 26.0 Å². The molecule has 30 heavy (non-hydrogen) atoms. The molecule has 2 atom stereocenters. The van der Waals surface area contributed by atoms with Crippen LogP contribution in [0.3, 0.4) is 0 Å². The summed E-state index contributed by atoms with van der Waals surface area (Å²) >= 11 is 0.935. The van der Waals surface area contributed by atoms with E-state index in [2.05, 4.69) is 0 Å². The Balaban J connectivity index is 1.74.